The van der Waals surface area contributed by atoms with Crippen LogP contribution in [0.3, 0.4) is 0 Å². The summed E-state index contributed by atoms with van der Waals surface area (Å²) in [5.74, 6) is -3.84. The SMILES string of the molecule is CCCCCCOc1ccc(-c2ccc(C(=O)OC(CCCCCC)C(F)(F)F)c(F)c2F)cc1. The van der Waals surface area contributed by atoms with E-state index < -0.39 is 41.9 Å². The Morgan fingerprint density at radius 3 is 2.06 bits per heavy atom. The lowest BCUT2D eigenvalue weighted by Gasteiger charge is -2.21. The molecular weight excluding hydrogens is 467 g/mol. The standard InChI is InChI=1S/C27H33F5O3/c1-3-5-7-9-11-23(27(30,31)32)35-26(33)22-17-16-21(24(28)25(22)29)19-12-14-20(15-13-19)34-18-10-8-6-4-2/h12-17,23H,3-11,18H2,1-2H3. The number of unbranched alkanes of at least 4 members (excludes halogenated alkanes) is 6. The Morgan fingerprint density at radius 1 is 0.829 bits per heavy atom. The van der Waals surface area contributed by atoms with Gasteiger partial charge in [-0.25, -0.2) is 13.6 Å². The van der Waals surface area contributed by atoms with Crippen molar-refractivity contribution < 1.29 is 36.2 Å². The van der Waals surface area contributed by atoms with Crippen LogP contribution in [0.2, 0.25) is 0 Å². The second kappa shape index (κ2) is 14.0. The largest absolute Gasteiger partial charge is 0.494 e. The van der Waals surface area contributed by atoms with Gasteiger partial charge in [0.2, 0.25) is 0 Å². The van der Waals surface area contributed by atoms with Crippen molar-refractivity contribution in [1.29, 1.82) is 0 Å². The molecule has 0 heterocycles. The first-order chi connectivity index (χ1) is 16.7. The zero-order valence-electron chi connectivity index (χ0n) is 20.2. The minimum absolute atomic E-state index is 0.125. The van der Waals surface area contributed by atoms with Crippen molar-refractivity contribution in [3.05, 3.63) is 53.6 Å². The van der Waals surface area contributed by atoms with Gasteiger partial charge in [0.1, 0.15) is 5.75 Å². The molecule has 0 aliphatic rings. The lowest BCUT2D eigenvalue weighted by Crippen LogP contribution is -2.34. The number of halogens is 5. The molecule has 0 N–H and O–H groups in total. The Bertz CT molecular complexity index is 926. The number of carbonyl (C=O) groups excluding carboxylic acids is 1. The highest BCUT2D eigenvalue weighted by molar-refractivity contribution is 5.90. The maximum atomic E-state index is 14.8. The number of hydrogen-bond acceptors (Lipinski definition) is 3. The van der Waals surface area contributed by atoms with Crippen LogP contribution in [0.5, 0.6) is 5.75 Å². The Kier molecular flexibility index (Phi) is 11.5. The average Bonchev–Trinajstić information content (AvgIpc) is 2.82. The molecule has 1 unspecified atom stereocenters. The lowest BCUT2D eigenvalue weighted by molar-refractivity contribution is -0.206. The summed E-state index contributed by atoms with van der Waals surface area (Å²) in [5.41, 5.74) is -0.662. The summed E-state index contributed by atoms with van der Waals surface area (Å²) in [6, 6.07) is 8.45. The van der Waals surface area contributed by atoms with Gasteiger partial charge >= 0.3 is 12.1 Å². The molecule has 2 rings (SSSR count). The van der Waals surface area contributed by atoms with E-state index in [1.165, 1.54) is 0 Å². The van der Waals surface area contributed by atoms with Crippen LogP contribution in [0.25, 0.3) is 11.1 Å². The summed E-state index contributed by atoms with van der Waals surface area (Å²) >= 11 is 0. The van der Waals surface area contributed by atoms with Gasteiger partial charge in [0.05, 0.1) is 12.2 Å². The molecule has 0 bridgehead atoms. The monoisotopic (exact) mass is 500 g/mol. The summed E-state index contributed by atoms with van der Waals surface area (Å²) in [5, 5.41) is 0. The Hall–Kier alpha value is -2.64. The molecule has 0 spiro atoms. The molecule has 8 heteroatoms. The predicted molar refractivity (Wildman–Crippen MR) is 125 cm³/mol. The second-order valence-corrected chi connectivity index (χ2v) is 8.51. The third-order valence-electron chi connectivity index (χ3n) is 5.67. The van der Waals surface area contributed by atoms with Crippen LogP contribution < -0.4 is 4.74 Å². The fourth-order valence-corrected chi connectivity index (χ4v) is 3.62. The quantitative estimate of drug-likeness (QED) is 0.148. The second-order valence-electron chi connectivity index (χ2n) is 8.51. The van der Waals surface area contributed by atoms with E-state index in [-0.39, 0.29) is 12.0 Å². The molecule has 2 aromatic rings. The number of carbonyl (C=O) groups is 1. The third kappa shape index (κ3) is 8.82. The van der Waals surface area contributed by atoms with Crippen LogP contribution in [-0.2, 0) is 4.74 Å². The summed E-state index contributed by atoms with van der Waals surface area (Å²) in [4.78, 5) is 12.3. The molecule has 0 saturated heterocycles. The summed E-state index contributed by atoms with van der Waals surface area (Å²) < 4.78 is 79.4. The summed E-state index contributed by atoms with van der Waals surface area (Å²) in [6.45, 7) is 4.59. The van der Waals surface area contributed by atoms with Crippen LogP contribution >= 0.6 is 0 Å². The lowest BCUT2D eigenvalue weighted by atomic mass is 10.0. The van der Waals surface area contributed by atoms with Crippen molar-refractivity contribution in [3.63, 3.8) is 0 Å². The van der Waals surface area contributed by atoms with E-state index in [2.05, 4.69) is 11.7 Å². The highest BCUT2D eigenvalue weighted by Gasteiger charge is 2.42. The first-order valence-corrected chi connectivity index (χ1v) is 12.2. The smallest absolute Gasteiger partial charge is 0.425 e. The average molecular weight is 501 g/mol. The molecular formula is C27H33F5O3. The van der Waals surface area contributed by atoms with Gasteiger partial charge in [-0.05, 0) is 43.0 Å². The molecule has 1 atom stereocenters. The molecule has 0 aliphatic carbocycles. The molecule has 2 aromatic carbocycles. The van der Waals surface area contributed by atoms with E-state index in [9.17, 15) is 26.7 Å². The number of hydrogen-bond donors (Lipinski definition) is 0. The number of benzene rings is 2. The first-order valence-electron chi connectivity index (χ1n) is 12.2. The zero-order valence-corrected chi connectivity index (χ0v) is 20.2. The molecule has 0 aromatic heterocycles. The molecule has 0 radical (unpaired) electrons. The minimum Gasteiger partial charge on any atom is -0.494 e. The van der Waals surface area contributed by atoms with E-state index in [0.717, 1.165) is 50.7 Å². The highest BCUT2D eigenvalue weighted by atomic mass is 19.4. The van der Waals surface area contributed by atoms with Gasteiger partial charge in [-0.15, -0.1) is 0 Å². The molecule has 0 fully saturated rings. The van der Waals surface area contributed by atoms with Gasteiger partial charge in [0, 0.05) is 5.56 Å². The molecule has 0 aliphatic heterocycles. The minimum atomic E-state index is -4.79. The first kappa shape index (κ1) is 28.6. The molecule has 35 heavy (non-hydrogen) atoms. The number of alkyl halides is 3. The van der Waals surface area contributed by atoms with Crippen LogP contribution in [0.1, 0.15) is 82.0 Å². The number of ether oxygens (including phenoxy) is 2. The van der Waals surface area contributed by atoms with Crippen molar-refractivity contribution in [2.24, 2.45) is 0 Å². The molecule has 3 nitrogen and oxygen atoms in total. The predicted octanol–water partition coefficient (Wildman–Crippen LogP) is 8.65. The fourth-order valence-electron chi connectivity index (χ4n) is 3.62. The molecule has 0 amide bonds. The van der Waals surface area contributed by atoms with E-state index >= 15 is 0 Å². The van der Waals surface area contributed by atoms with E-state index in [4.69, 9.17) is 4.74 Å². The van der Waals surface area contributed by atoms with Gasteiger partial charge in [-0.3, -0.25) is 0 Å². The van der Waals surface area contributed by atoms with Gasteiger partial charge < -0.3 is 9.47 Å². The Balaban J connectivity index is 2.09. The van der Waals surface area contributed by atoms with Crippen LogP contribution in [0.4, 0.5) is 22.0 Å². The number of rotatable bonds is 14. The van der Waals surface area contributed by atoms with Crippen molar-refractivity contribution in [3.8, 4) is 16.9 Å². The van der Waals surface area contributed by atoms with Crippen molar-refractivity contribution in [2.45, 2.75) is 83.9 Å². The summed E-state index contributed by atoms with van der Waals surface area (Å²) in [7, 11) is 0. The highest BCUT2D eigenvalue weighted by Crippen LogP contribution is 2.31. The van der Waals surface area contributed by atoms with E-state index in [1.807, 2.05) is 6.92 Å². The van der Waals surface area contributed by atoms with Crippen molar-refractivity contribution >= 4 is 5.97 Å². The van der Waals surface area contributed by atoms with Crippen molar-refractivity contribution in [2.75, 3.05) is 6.61 Å². The Labute approximate surface area is 203 Å². The van der Waals surface area contributed by atoms with Crippen LogP contribution in [-0.4, -0.2) is 24.9 Å². The van der Waals surface area contributed by atoms with Crippen molar-refractivity contribution in [1.82, 2.24) is 0 Å². The maximum Gasteiger partial charge on any atom is 0.425 e. The summed E-state index contributed by atoms with van der Waals surface area (Å²) in [6.07, 6.45) is -1.00. The molecule has 0 saturated carbocycles. The Morgan fingerprint density at radius 2 is 1.46 bits per heavy atom. The van der Waals surface area contributed by atoms with Gasteiger partial charge in [0.15, 0.2) is 17.7 Å². The normalized spacial score (nSPS) is 12.4. The van der Waals surface area contributed by atoms with Crippen LogP contribution in [0.15, 0.2) is 36.4 Å². The third-order valence-corrected chi connectivity index (χ3v) is 5.67. The van der Waals surface area contributed by atoms with Gasteiger partial charge in [-0.1, -0.05) is 70.6 Å². The van der Waals surface area contributed by atoms with Crippen LogP contribution in [0, 0.1) is 11.6 Å². The van der Waals surface area contributed by atoms with Gasteiger partial charge in [0.25, 0.3) is 0 Å². The fraction of sp³-hybridized carbons (Fsp3) is 0.519. The molecule has 194 valence electrons. The van der Waals surface area contributed by atoms with Gasteiger partial charge in [-0.2, -0.15) is 13.2 Å². The topological polar surface area (TPSA) is 35.5 Å². The maximum absolute atomic E-state index is 14.8. The van der Waals surface area contributed by atoms with E-state index in [0.29, 0.717) is 24.3 Å². The van der Waals surface area contributed by atoms with E-state index in [1.54, 1.807) is 24.3 Å². The number of esters is 1. The zero-order chi connectivity index (χ0) is 25.8.